The topological polar surface area (TPSA) is 32.7 Å². The van der Waals surface area contributed by atoms with Crippen LogP contribution in [0, 0.1) is 0 Å². The van der Waals surface area contributed by atoms with Gasteiger partial charge in [-0.2, -0.15) is 5.06 Å². The van der Waals surface area contributed by atoms with Gasteiger partial charge in [-0.1, -0.05) is 68.7 Å². The summed E-state index contributed by atoms with van der Waals surface area (Å²) in [6.45, 7) is 4.25. The minimum atomic E-state index is -0.134. The van der Waals surface area contributed by atoms with Gasteiger partial charge in [0.05, 0.1) is 18.8 Å². The lowest BCUT2D eigenvalue weighted by Gasteiger charge is -2.29. The van der Waals surface area contributed by atoms with Gasteiger partial charge in [0.15, 0.2) is 0 Å². The number of benzene rings is 1. The molecule has 0 radical (unpaired) electrons. The summed E-state index contributed by atoms with van der Waals surface area (Å²) in [7, 11) is 1.89. The third-order valence-corrected chi connectivity index (χ3v) is 3.60. The molecule has 1 rings (SSSR count). The summed E-state index contributed by atoms with van der Waals surface area (Å²) >= 11 is 0. The van der Waals surface area contributed by atoms with Crippen molar-refractivity contribution in [2.24, 2.45) is 0 Å². The predicted octanol–water partition coefficient (Wildman–Crippen LogP) is 4.11. The molecule has 3 heteroatoms. The summed E-state index contributed by atoms with van der Waals surface area (Å²) < 4.78 is 0. The fraction of sp³-hybridized carbons (Fsp3) is 0.556. The van der Waals surface area contributed by atoms with E-state index in [9.17, 15) is 5.11 Å². The maximum Gasteiger partial charge on any atom is 0.0974 e. The van der Waals surface area contributed by atoms with Crippen LogP contribution in [0.15, 0.2) is 42.5 Å². The largest absolute Gasteiger partial charge is 0.394 e. The second-order valence-corrected chi connectivity index (χ2v) is 5.32. The van der Waals surface area contributed by atoms with Crippen molar-refractivity contribution in [1.29, 1.82) is 0 Å². The van der Waals surface area contributed by atoms with Gasteiger partial charge in [-0.25, -0.2) is 0 Å². The van der Waals surface area contributed by atoms with Gasteiger partial charge in [0, 0.05) is 7.05 Å². The summed E-state index contributed by atoms with van der Waals surface area (Å²) in [6.07, 6.45) is 8.80. The van der Waals surface area contributed by atoms with Gasteiger partial charge in [-0.3, -0.25) is 4.84 Å². The van der Waals surface area contributed by atoms with Crippen LogP contribution in [-0.2, 0) is 4.84 Å². The van der Waals surface area contributed by atoms with Crippen LogP contribution in [0.1, 0.15) is 51.1 Å². The number of aliphatic hydroxyl groups is 1. The van der Waals surface area contributed by atoms with Crippen LogP contribution in [0.5, 0.6) is 0 Å². The van der Waals surface area contributed by atoms with E-state index in [0.29, 0.717) is 0 Å². The molecule has 0 fully saturated rings. The van der Waals surface area contributed by atoms with E-state index < -0.39 is 0 Å². The van der Waals surface area contributed by atoms with E-state index in [4.69, 9.17) is 4.84 Å². The Kier molecular flexibility index (Phi) is 8.99. The number of nitrogens with zero attached hydrogens (tertiary/aromatic N) is 1. The Morgan fingerprint density at radius 1 is 1.24 bits per heavy atom. The van der Waals surface area contributed by atoms with Crippen molar-refractivity contribution in [2.75, 3.05) is 13.7 Å². The number of allylic oxidation sites excluding steroid dienone is 1. The van der Waals surface area contributed by atoms with Crippen molar-refractivity contribution in [3.05, 3.63) is 48.0 Å². The standard InChI is InChI=1S/C18H29NO2/c1-4-6-8-14-17(11-5-2)21-19(3)18(15-20)16-12-9-7-10-13-16/h5,7,9-13,17-18,20H,4,6,8,14-15H2,1-3H3/b11-5+/t17-,18+/m1/s1. The number of hydroxylamine groups is 2. The zero-order valence-electron chi connectivity index (χ0n) is 13.5. The first-order valence-corrected chi connectivity index (χ1v) is 7.91. The molecule has 0 aliphatic rings. The third kappa shape index (κ3) is 6.42. The van der Waals surface area contributed by atoms with E-state index in [1.165, 1.54) is 12.8 Å². The van der Waals surface area contributed by atoms with Crippen molar-refractivity contribution in [3.63, 3.8) is 0 Å². The summed E-state index contributed by atoms with van der Waals surface area (Å²) in [5.74, 6) is 0. The fourth-order valence-corrected chi connectivity index (χ4v) is 2.39. The fourth-order valence-electron chi connectivity index (χ4n) is 2.39. The Balaban J connectivity index is 2.63. The number of hydrogen-bond donors (Lipinski definition) is 1. The van der Waals surface area contributed by atoms with Gasteiger partial charge in [0.1, 0.15) is 0 Å². The van der Waals surface area contributed by atoms with Crippen LogP contribution < -0.4 is 0 Å². The normalized spacial score (nSPS) is 14.7. The zero-order chi connectivity index (χ0) is 15.5. The molecule has 1 aromatic rings. The minimum Gasteiger partial charge on any atom is -0.394 e. The summed E-state index contributed by atoms with van der Waals surface area (Å²) in [5, 5.41) is 11.5. The second kappa shape index (κ2) is 10.6. The molecule has 1 N–H and O–H groups in total. The lowest BCUT2D eigenvalue weighted by Crippen LogP contribution is -2.31. The lowest BCUT2D eigenvalue weighted by molar-refractivity contribution is -0.201. The number of aliphatic hydroxyl groups excluding tert-OH is 1. The second-order valence-electron chi connectivity index (χ2n) is 5.32. The molecule has 0 aliphatic heterocycles. The Morgan fingerprint density at radius 2 is 1.95 bits per heavy atom. The monoisotopic (exact) mass is 291 g/mol. The van der Waals surface area contributed by atoms with Gasteiger partial charge in [0.25, 0.3) is 0 Å². The van der Waals surface area contributed by atoms with E-state index in [1.807, 2.05) is 50.4 Å². The molecule has 0 unspecified atom stereocenters. The van der Waals surface area contributed by atoms with E-state index >= 15 is 0 Å². The molecule has 0 bridgehead atoms. The van der Waals surface area contributed by atoms with Gasteiger partial charge < -0.3 is 5.11 Å². The molecule has 0 amide bonds. The maximum atomic E-state index is 9.67. The molecule has 0 aliphatic carbocycles. The molecule has 0 aromatic heterocycles. The molecular weight excluding hydrogens is 262 g/mol. The van der Waals surface area contributed by atoms with Crippen LogP contribution in [0.4, 0.5) is 0 Å². The highest BCUT2D eigenvalue weighted by molar-refractivity contribution is 5.18. The molecule has 2 atom stereocenters. The van der Waals surface area contributed by atoms with Crippen LogP contribution in [0.25, 0.3) is 0 Å². The molecule has 0 saturated carbocycles. The average molecular weight is 291 g/mol. The molecule has 0 spiro atoms. The highest BCUT2D eigenvalue weighted by atomic mass is 16.7. The first-order valence-electron chi connectivity index (χ1n) is 7.91. The quantitative estimate of drug-likeness (QED) is 0.400. The summed E-state index contributed by atoms with van der Waals surface area (Å²) in [6, 6.07) is 9.84. The lowest BCUT2D eigenvalue weighted by atomic mass is 10.1. The molecule has 118 valence electrons. The SMILES string of the molecule is C/C=C/[C@H](CCCCC)ON(C)[C@@H](CO)c1ccccc1. The Labute approximate surface area is 129 Å². The van der Waals surface area contributed by atoms with Crippen molar-refractivity contribution < 1.29 is 9.94 Å². The predicted molar refractivity (Wildman–Crippen MR) is 87.9 cm³/mol. The summed E-state index contributed by atoms with van der Waals surface area (Å²) in [4.78, 5) is 6.03. The Morgan fingerprint density at radius 3 is 2.52 bits per heavy atom. The maximum absolute atomic E-state index is 9.67. The highest BCUT2D eigenvalue weighted by Gasteiger charge is 2.19. The molecule has 3 nitrogen and oxygen atoms in total. The molecule has 1 aromatic carbocycles. The van der Waals surface area contributed by atoms with Crippen LogP contribution >= 0.6 is 0 Å². The molecule has 21 heavy (non-hydrogen) atoms. The number of rotatable bonds is 10. The van der Waals surface area contributed by atoms with E-state index in [-0.39, 0.29) is 18.8 Å². The molecular formula is C18H29NO2. The van der Waals surface area contributed by atoms with Gasteiger partial charge >= 0.3 is 0 Å². The molecule has 0 heterocycles. The van der Waals surface area contributed by atoms with Crippen molar-refractivity contribution in [1.82, 2.24) is 5.06 Å². The summed E-state index contributed by atoms with van der Waals surface area (Å²) in [5.41, 5.74) is 1.07. The number of unbranched alkanes of at least 4 members (excludes halogenated alkanes) is 2. The average Bonchev–Trinajstić information content (AvgIpc) is 2.49. The Bertz CT molecular complexity index is 391. The Hall–Kier alpha value is -1.16. The minimum absolute atomic E-state index is 0.0397. The van der Waals surface area contributed by atoms with Crippen LogP contribution in [0.2, 0.25) is 0 Å². The van der Waals surface area contributed by atoms with Crippen molar-refractivity contribution >= 4 is 0 Å². The van der Waals surface area contributed by atoms with Crippen molar-refractivity contribution in [3.8, 4) is 0 Å². The van der Waals surface area contributed by atoms with E-state index in [0.717, 1.165) is 18.4 Å². The van der Waals surface area contributed by atoms with Gasteiger partial charge in [-0.15, -0.1) is 0 Å². The highest BCUT2D eigenvalue weighted by Crippen LogP contribution is 2.21. The van der Waals surface area contributed by atoms with Gasteiger partial charge in [0.2, 0.25) is 0 Å². The number of hydrogen-bond acceptors (Lipinski definition) is 3. The number of likely N-dealkylation sites (N-methyl/N-ethyl adjacent to an activating group) is 1. The smallest absolute Gasteiger partial charge is 0.0974 e. The third-order valence-electron chi connectivity index (χ3n) is 3.60. The van der Waals surface area contributed by atoms with Crippen LogP contribution in [-0.4, -0.2) is 29.9 Å². The van der Waals surface area contributed by atoms with E-state index in [1.54, 1.807) is 5.06 Å². The first kappa shape index (κ1) is 17.9. The van der Waals surface area contributed by atoms with E-state index in [2.05, 4.69) is 13.0 Å². The first-order chi connectivity index (χ1) is 10.2. The molecule has 0 saturated heterocycles. The van der Waals surface area contributed by atoms with Crippen LogP contribution in [0.3, 0.4) is 0 Å². The zero-order valence-corrected chi connectivity index (χ0v) is 13.5. The van der Waals surface area contributed by atoms with Crippen molar-refractivity contribution in [2.45, 2.75) is 51.7 Å². The van der Waals surface area contributed by atoms with Gasteiger partial charge in [-0.05, 0) is 18.9 Å².